The minimum Gasteiger partial charge on any atom is -0.295 e. The molecular weight excluding hydrogens is 182 g/mol. The minimum absolute atomic E-state index is 0.0463. The molecular formula is C10H9NO3. The summed E-state index contributed by atoms with van der Waals surface area (Å²) in [5, 5.41) is 10.3. The highest BCUT2D eigenvalue weighted by Gasteiger charge is 2.01. The number of hydrogen-bond acceptors (Lipinski definition) is 3. The fourth-order valence-electron chi connectivity index (χ4n) is 0.921. The molecule has 0 aliphatic carbocycles. The Hall–Kier alpha value is -1.97. The van der Waals surface area contributed by atoms with E-state index in [0.717, 1.165) is 5.56 Å². The molecule has 0 radical (unpaired) electrons. The zero-order chi connectivity index (χ0) is 10.6. The number of allylic oxidation sites excluding steroid dienone is 1. The molecule has 1 aromatic carbocycles. The van der Waals surface area contributed by atoms with Gasteiger partial charge in [-0.25, -0.2) is 0 Å². The summed E-state index contributed by atoms with van der Waals surface area (Å²) >= 11 is 0. The first kappa shape index (κ1) is 10.1. The van der Waals surface area contributed by atoms with Gasteiger partial charge in [0.1, 0.15) is 0 Å². The molecule has 0 amide bonds. The molecule has 0 spiro atoms. The molecule has 0 aromatic heterocycles. The quantitative estimate of drug-likeness (QED) is 0.418. The second-order valence-corrected chi connectivity index (χ2v) is 2.79. The lowest BCUT2D eigenvalue weighted by atomic mass is 10.2. The number of nitro groups is 1. The molecule has 0 heterocycles. The van der Waals surface area contributed by atoms with Crippen LogP contribution in [0.2, 0.25) is 0 Å². The largest absolute Gasteiger partial charge is 0.295 e. The summed E-state index contributed by atoms with van der Waals surface area (Å²) in [4.78, 5) is 20.4. The standard InChI is InChI=1S/C10H9NO3/c1-8(12)2-3-9-4-6-10(7-5-9)11(13)14/h2-7H,1H3/b3-2-. The average Bonchev–Trinajstić information content (AvgIpc) is 2.15. The molecule has 0 N–H and O–H groups in total. The second kappa shape index (κ2) is 4.32. The van der Waals surface area contributed by atoms with Gasteiger partial charge in [-0.1, -0.05) is 6.08 Å². The van der Waals surface area contributed by atoms with E-state index in [0.29, 0.717) is 0 Å². The summed E-state index contributed by atoms with van der Waals surface area (Å²) in [6, 6.07) is 5.99. The first-order valence-corrected chi connectivity index (χ1v) is 4.02. The van der Waals surface area contributed by atoms with Gasteiger partial charge in [-0.05, 0) is 30.7 Å². The first-order valence-electron chi connectivity index (χ1n) is 4.02. The monoisotopic (exact) mass is 191 g/mol. The highest BCUT2D eigenvalue weighted by molar-refractivity contribution is 5.91. The maximum absolute atomic E-state index is 10.6. The maximum atomic E-state index is 10.6. The van der Waals surface area contributed by atoms with Crippen LogP contribution in [-0.4, -0.2) is 10.7 Å². The molecule has 1 aromatic rings. The summed E-state index contributed by atoms with van der Waals surface area (Å²) in [6.07, 6.45) is 3.03. The molecule has 0 saturated carbocycles. The van der Waals surface area contributed by atoms with E-state index in [-0.39, 0.29) is 11.5 Å². The van der Waals surface area contributed by atoms with Gasteiger partial charge in [0.2, 0.25) is 0 Å². The summed E-state index contributed by atoms with van der Waals surface area (Å²) in [6.45, 7) is 1.45. The summed E-state index contributed by atoms with van der Waals surface area (Å²) in [5.41, 5.74) is 0.816. The van der Waals surface area contributed by atoms with Gasteiger partial charge in [0, 0.05) is 12.1 Å². The number of nitro benzene ring substituents is 1. The Morgan fingerprint density at radius 3 is 2.36 bits per heavy atom. The molecule has 0 saturated heterocycles. The van der Waals surface area contributed by atoms with Crippen LogP contribution < -0.4 is 0 Å². The van der Waals surface area contributed by atoms with Gasteiger partial charge in [0.15, 0.2) is 5.78 Å². The molecule has 4 nitrogen and oxygen atoms in total. The Morgan fingerprint density at radius 1 is 1.36 bits per heavy atom. The van der Waals surface area contributed by atoms with E-state index < -0.39 is 4.92 Å². The van der Waals surface area contributed by atoms with Crippen LogP contribution >= 0.6 is 0 Å². The van der Waals surface area contributed by atoms with Crippen molar-refractivity contribution in [3.63, 3.8) is 0 Å². The zero-order valence-electron chi connectivity index (χ0n) is 7.64. The van der Waals surface area contributed by atoms with Crippen LogP contribution in [0.3, 0.4) is 0 Å². The van der Waals surface area contributed by atoms with Crippen LogP contribution in [0.1, 0.15) is 12.5 Å². The second-order valence-electron chi connectivity index (χ2n) is 2.79. The van der Waals surface area contributed by atoms with Gasteiger partial charge < -0.3 is 0 Å². The lowest BCUT2D eigenvalue weighted by Gasteiger charge is -1.92. The molecule has 1 rings (SSSR count). The Morgan fingerprint density at radius 2 is 1.93 bits per heavy atom. The van der Waals surface area contributed by atoms with Gasteiger partial charge in [-0.3, -0.25) is 14.9 Å². The van der Waals surface area contributed by atoms with E-state index in [1.807, 2.05) is 0 Å². The molecule has 72 valence electrons. The number of benzene rings is 1. The van der Waals surface area contributed by atoms with Crippen molar-refractivity contribution in [2.75, 3.05) is 0 Å². The number of ketones is 1. The van der Waals surface area contributed by atoms with E-state index in [9.17, 15) is 14.9 Å². The molecule has 14 heavy (non-hydrogen) atoms. The maximum Gasteiger partial charge on any atom is 0.269 e. The van der Waals surface area contributed by atoms with Gasteiger partial charge in [0.05, 0.1) is 4.92 Å². The fourth-order valence-corrected chi connectivity index (χ4v) is 0.921. The van der Waals surface area contributed by atoms with Gasteiger partial charge in [-0.2, -0.15) is 0 Å². The van der Waals surface area contributed by atoms with Crippen LogP contribution in [-0.2, 0) is 4.79 Å². The van der Waals surface area contributed by atoms with Crippen molar-refractivity contribution >= 4 is 17.5 Å². The predicted octanol–water partition coefficient (Wildman–Crippen LogP) is 2.20. The Balaban J connectivity index is 2.83. The number of carbonyl (C=O) groups is 1. The molecule has 0 fully saturated rings. The number of nitrogens with zero attached hydrogens (tertiary/aromatic N) is 1. The number of rotatable bonds is 3. The van der Waals surface area contributed by atoms with E-state index in [2.05, 4.69) is 0 Å². The molecule has 0 aliphatic heterocycles. The summed E-state index contributed by atoms with van der Waals surface area (Å²) < 4.78 is 0. The van der Waals surface area contributed by atoms with Crippen molar-refractivity contribution in [3.05, 3.63) is 46.0 Å². The highest BCUT2D eigenvalue weighted by atomic mass is 16.6. The van der Waals surface area contributed by atoms with Crippen LogP contribution in [0.4, 0.5) is 5.69 Å². The van der Waals surface area contributed by atoms with Crippen LogP contribution in [0.15, 0.2) is 30.3 Å². The lowest BCUT2D eigenvalue weighted by Crippen LogP contribution is -1.87. The summed E-state index contributed by atoms with van der Waals surface area (Å²) in [5.74, 6) is -0.0525. The molecule has 4 heteroatoms. The van der Waals surface area contributed by atoms with Gasteiger partial charge in [0.25, 0.3) is 5.69 Å². The number of hydrogen-bond donors (Lipinski definition) is 0. The molecule has 0 unspecified atom stereocenters. The van der Waals surface area contributed by atoms with E-state index in [1.54, 1.807) is 18.2 Å². The Kier molecular flexibility index (Phi) is 3.12. The van der Waals surface area contributed by atoms with E-state index >= 15 is 0 Å². The molecule has 0 atom stereocenters. The third kappa shape index (κ3) is 2.82. The van der Waals surface area contributed by atoms with Crippen molar-refractivity contribution in [3.8, 4) is 0 Å². The fraction of sp³-hybridized carbons (Fsp3) is 0.100. The summed E-state index contributed by atoms with van der Waals surface area (Å²) in [7, 11) is 0. The SMILES string of the molecule is CC(=O)/C=C\c1ccc([N+](=O)[O-])cc1. The zero-order valence-corrected chi connectivity index (χ0v) is 7.64. The van der Waals surface area contributed by atoms with Crippen molar-refractivity contribution in [1.29, 1.82) is 0 Å². The van der Waals surface area contributed by atoms with E-state index in [4.69, 9.17) is 0 Å². The average molecular weight is 191 g/mol. The molecule has 0 bridgehead atoms. The number of carbonyl (C=O) groups excluding carboxylic acids is 1. The lowest BCUT2D eigenvalue weighted by molar-refractivity contribution is -0.384. The van der Waals surface area contributed by atoms with E-state index in [1.165, 1.54) is 25.1 Å². The van der Waals surface area contributed by atoms with Crippen molar-refractivity contribution < 1.29 is 9.72 Å². The topological polar surface area (TPSA) is 60.2 Å². The molecule has 0 aliphatic rings. The normalized spacial score (nSPS) is 10.4. The minimum atomic E-state index is -0.460. The van der Waals surface area contributed by atoms with Crippen molar-refractivity contribution in [2.45, 2.75) is 6.92 Å². The van der Waals surface area contributed by atoms with Gasteiger partial charge in [-0.15, -0.1) is 0 Å². The Labute approximate surface area is 81.0 Å². The van der Waals surface area contributed by atoms with Crippen LogP contribution in [0.25, 0.3) is 6.08 Å². The predicted molar refractivity (Wildman–Crippen MR) is 52.8 cm³/mol. The third-order valence-corrected chi connectivity index (χ3v) is 1.61. The highest BCUT2D eigenvalue weighted by Crippen LogP contribution is 2.12. The van der Waals surface area contributed by atoms with Crippen molar-refractivity contribution in [2.24, 2.45) is 0 Å². The van der Waals surface area contributed by atoms with Crippen LogP contribution in [0, 0.1) is 10.1 Å². The van der Waals surface area contributed by atoms with Gasteiger partial charge >= 0.3 is 0 Å². The Bertz CT molecular complexity index is 379. The van der Waals surface area contributed by atoms with Crippen molar-refractivity contribution in [1.82, 2.24) is 0 Å². The third-order valence-electron chi connectivity index (χ3n) is 1.61. The smallest absolute Gasteiger partial charge is 0.269 e. The first-order chi connectivity index (χ1) is 6.59. The van der Waals surface area contributed by atoms with Crippen LogP contribution in [0.5, 0.6) is 0 Å². The number of non-ortho nitro benzene ring substituents is 1.